The summed E-state index contributed by atoms with van der Waals surface area (Å²) < 4.78 is 37.8. The number of nitrogens with zero attached hydrogens (tertiary/aromatic N) is 1. The molecule has 17 heavy (non-hydrogen) atoms. The third-order valence-corrected chi connectivity index (χ3v) is 1.79. The lowest BCUT2D eigenvalue weighted by Gasteiger charge is -2.08. The predicted molar refractivity (Wildman–Crippen MR) is 53.6 cm³/mol. The third kappa shape index (κ3) is 3.54. The SMILES string of the molecule is COC(=O)c1ccc(OCC(F)F)nc1OC. The molecule has 0 unspecified atom stereocenters. The van der Waals surface area contributed by atoms with Gasteiger partial charge in [0.05, 0.1) is 14.2 Å². The summed E-state index contributed by atoms with van der Waals surface area (Å²) in [6.07, 6.45) is -2.59. The van der Waals surface area contributed by atoms with E-state index in [1.807, 2.05) is 0 Å². The summed E-state index contributed by atoms with van der Waals surface area (Å²) >= 11 is 0. The van der Waals surface area contributed by atoms with E-state index in [2.05, 4.69) is 14.5 Å². The van der Waals surface area contributed by atoms with E-state index in [4.69, 9.17) is 4.74 Å². The summed E-state index contributed by atoms with van der Waals surface area (Å²) in [6.45, 7) is -0.770. The van der Waals surface area contributed by atoms with Gasteiger partial charge in [-0.15, -0.1) is 0 Å². The number of carbonyl (C=O) groups is 1. The molecule has 0 amide bonds. The van der Waals surface area contributed by atoms with Crippen molar-refractivity contribution in [3.8, 4) is 11.8 Å². The van der Waals surface area contributed by atoms with Gasteiger partial charge >= 0.3 is 5.97 Å². The van der Waals surface area contributed by atoms with Gasteiger partial charge < -0.3 is 14.2 Å². The topological polar surface area (TPSA) is 57.7 Å². The van der Waals surface area contributed by atoms with E-state index in [9.17, 15) is 13.6 Å². The highest BCUT2D eigenvalue weighted by molar-refractivity contribution is 5.91. The highest BCUT2D eigenvalue weighted by atomic mass is 19.3. The molecule has 0 saturated carbocycles. The van der Waals surface area contributed by atoms with Crippen molar-refractivity contribution in [2.45, 2.75) is 6.43 Å². The van der Waals surface area contributed by atoms with Gasteiger partial charge in [-0.25, -0.2) is 13.6 Å². The van der Waals surface area contributed by atoms with E-state index in [-0.39, 0.29) is 17.3 Å². The van der Waals surface area contributed by atoms with Crippen LogP contribution in [0.3, 0.4) is 0 Å². The summed E-state index contributed by atoms with van der Waals surface area (Å²) in [5, 5.41) is 0. The zero-order valence-corrected chi connectivity index (χ0v) is 9.28. The standard InChI is InChI=1S/C10H11F2NO4/c1-15-9-6(10(14)16-2)3-4-8(13-9)17-5-7(11)12/h3-4,7H,5H2,1-2H3. The van der Waals surface area contributed by atoms with E-state index in [1.54, 1.807) is 0 Å². The molecule has 0 radical (unpaired) electrons. The molecule has 7 heteroatoms. The fraction of sp³-hybridized carbons (Fsp3) is 0.400. The first kappa shape index (κ1) is 13.1. The third-order valence-electron chi connectivity index (χ3n) is 1.79. The monoisotopic (exact) mass is 247 g/mol. The van der Waals surface area contributed by atoms with Crippen molar-refractivity contribution in [3.05, 3.63) is 17.7 Å². The molecule has 0 aromatic carbocycles. The molecule has 5 nitrogen and oxygen atoms in total. The van der Waals surface area contributed by atoms with Crippen molar-refractivity contribution < 1.29 is 27.8 Å². The number of carbonyl (C=O) groups excluding carboxylic acids is 1. The van der Waals surface area contributed by atoms with Crippen LogP contribution in [0.25, 0.3) is 0 Å². The van der Waals surface area contributed by atoms with Gasteiger partial charge in [-0.05, 0) is 6.07 Å². The first-order valence-corrected chi connectivity index (χ1v) is 4.62. The van der Waals surface area contributed by atoms with Gasteiger partial charge in [-0.1, -0.05) is 0 Å². The molecular weight excluding hydrogens is 236 g/mol. The average Bonchev–Trinajstić information content (AvgIpc) is 2.34. The van der Waals surface area contributed by atoms with E-state index < -0.39 is 19.0 Å². The van der Waals surface area contributed by atoms with Gasteiger partial charge in [0.15, 0.2) is 6.61 Å². The first-order valence-electron chi connectivity index (χ1n) is 4.62. The molecule has 1 heterocycles. The Morgan fingerprint density at radius 1 is 1.41 bits per heavy atom. The fourth-order valence-electron chi connectivity index (χ4n) is 1.07. The minimum absolute atomic E-state index is 0.0383. The Kier molecular flexibility index (Phi) is 4.62. The van der Waals surface area contributed by atoms with Crippen LogP contribution in [0, 0.1) is 0 Å². The second-order valence-corrected chi connectivity index (χ2v) is 2.90. The van der Waals surface area contributed by atoms with Crippen LogP contribution in [0.4, 0.5) is 8.78 Å². The molecule has 0 aliphatic rings. The highest BCUT2D eigenvalue weighted by Gasteiger charge is 2.15. The predicted octanol–water partition coefficient (Wildman–Crippen LogP) is 1.52. The van der Waals surface area contributed by atoms with E-state index in [0.717, 1.165) is 0 Å². The summed E-state index contributed by atoms with van der Waals surface area (Å²) in [5.74, 6) is -0.715. The average molecular weight is 247 g/mol. The van der Waals surface area contributed by atoms with Crippen molar-refractivity contribution in [2.24, 2.45) is 0 Å². The van der Waals surface area contributed by atoms with E-state index >= 15 is 0 Å². The summed E-state index contributed by atoms with van der Waals surface area (Å²) in [6, 6.07) is 2.62. The van der Waals surface area contributed by atoms with Crippen molar-refractivity contribution in [1.29, 1.82) is 0 Å². The Morgan fingerprint density at radius 2 is 2.12 bits per heavy atom. The molecule has 1 rings (SSSR count). The molecule has 1 aromatic heterocycles. The van der Waals surface area contributed by atoms with Crippen molar-refractivity contribution in [1.82, 2.24) is 4.98 Å². The molecule has 0 atom stereocenters. The number of aromatic nitrogens is 1. The van der Waals surface area contributed by atoms with Gasteiger partial charge in [-0.3, -0.25) is 0 Å². The number of pyridine rings is 1. The van der Waals surface area contributed by atoms with Gasteiger partial charge in [0.1, 0.15) is 5.56 Å². The lowest BCUT2D eigenvalue weighted by Crippen LogP contribution is -2.10. The summed E-state index contributed by atoms with van der Waals surface area (Å²) in [7, 11) is 2.51. The van der Waals surface area contributed by atoms with Gasteiger partial charge in [0.2, 0.25) is 11.8 Å². The lowest BCUT2D eigenvalue weighted by molar-refractivity contribution is 0.0594. The molecule has 0 N–H and O–H groups in total. The molecule has 0 aliphatic carbocycles. The Hall–Kier alpha value is -1.92. The minimum atomic E-state index is -2.59. The number of halogens is 2. The molecular formula is C10H11F2NO4. The van der Waals surface area contributed by atoms with Crippen LogP contribution in [0.2, 0.25) is 0 Å². The number of hydrogen-bond acceptors (Lipinski definition) is 5. The number of ether oxygens (including phenoxy) is 3. The van der Waals surface area contributed by atoms with Crippen molar-refractivity contribution >= 4 is 5.97 Å². The molecule has 0 bridgehead atoms. The summed E-state index contributed by atoms with van der Waals surface area (Å²) in [4.78, 5) is 15.0. The number of methoxy groups -OCH3 is 2. The van der Waals surface area contributed by atoms with Gasteiger partial charge in [0.25, 0.3) is 6.43 Å². The van der Waals surface area contributed by atoms with Crippen LogP contribution in [0.15, 0.2) is 12.1 Å². The molecule has 94 valence electrons. The second kappa shape index (κ2) is 5.97. The smallest absolute Gasteiger partial charge is 0.343 e. The Balaban J connectivity index is 2.88. The van der Waals surface area contributed by atoms with Crippen molar-refractivity contribution in [2.75, 3.05) is 20.8 Å². The van der Waals surface area contributed by atoms with Crippen LogP contribution >= 0.6 is 0 Å². The number of hydrogen-bond donors (Lipinski definition) is 0. The first-order chi connectivity index (χ1) is 8.08. The minimum Gasteiger partial charge on any atom is -0.480 e. The molecule has 0 aliphatic heterocycles. The molecule has 0 fully saturated rings. The normalized spacial score (nSPS) is 10.2. The van der Waals surface area contributed by atoms with Crippen LogP contribution in [-0.2, 0) is 4.74 Å². The second-order valence-electron chi connectivity index (χ2n) is 2.90. The van der Waals surface area contributed by atoms with Crippen LogP contribution in [-0.4, -0.2) is 38.2 Å². The quantitative estimate of drug-likeness (QED) is 0.738. The molecule has 1 aromatic rings. The number of alkyl halides is 2. The zero-order chi connectivity index (χ0) is 12.8. The van der Waals surface area contributed by atoms with Gasteiger partial charge in [0, 0.05) is 6.07 Å². The maximum atomic E-state index is 11.9. The van der Waals surface area contributed by atoms with Crippen LogP contribution < -0.4 is 9.47 Å². The zero-order valence-electron chi connectivity index (χ0n) is 9.28. The molecule has 0 saturated heterocycles. The van der Waals surface area contributed by atoms with Crippen molar-refractivity contribution in [3.63, 3.8) is 0 Å². The van der Waals surface area contributed by atoms with Crippen LogP contribution in [0.1, 0.15) is 10.4 Å². The number of esters is 1. The fourth-order valence-corrected chi connectivity index (χ4v) is 1.07. The van der Waals surface area contributed by atoms with Crippen LogP contribution in [0.5, 0.6) is 11.8 Å². The maximum Gasteiger partial charge on any atom is 0.343 e. The van der Waals surface area contributed by atoms with E-state index in [1.165, 1.54) is 26.4 Å². The molecule has 0 spiro atoms. The summed E-state index contributed by atoms with van der Waals surface area (Å²) in [5.41, 5.74) is 0.0967. The maximum absolute atomic E-state index is 11.9. The highest BCUT2D eigenvalue weighted by Crippen LogP contribution is 2.20. The van der Waals surface area contributed by atoms with E-state index in [0.29, 0.717) is 0 Å². The lowest BCUT2D eigenvalue weighted by atomic mass is 10.3. The van der Waals surface area contributed by atoms with Gasteiger partial charge in [-0.2, -0.15) is 4.98 Å². The Bertz CT molecular complexity index is 398. The largest absolute Gasteiger partial charge is 0.480 e. The Morgan fingerprint density at radius 3 is 2.65 bits per heavy atom. The Labute approximate surface area is 96.3 Å². The number of rotatable bonds is 5.